The molecule has 0 saturated heterocycles. The van der Waals surface area contributed by atoms with E-state index in [4.69, 9.17) is 9.26 Å². The summed E-state index contributed by atoms with van der Waals surface area (Å²) in [7, 11) is 1.96. The highest BCUT2D eigenvalue weighted by Gasteiger charge is 2.08. The first-order valence-corrected chi connectivity index (χ1v) is 7.94. The molecule has 0 amide bonds. The van der Waals surface area contributed by atoms with Crippen LogP contribution < -0.4 is 10.1 Å². The number of ether oxygens (including phenoxy) is 1. The van der Waals surface area contributed by atoms with Crippen molar-refractivity contribution in [1.82, 2.24) is 20.0 Å². The van der Waals surface area contributed by atoms with Crippen LogP contribution in [0.1, 0.15) is 28.4 Å². The second-order valence-electron chi connectivity index (χ2n) is 5.79. The predicted molar refractivity (Wildman–Crippen MR) is 90.5 cm³/mol. The van der Waals surface area contributed by atoms with Gasteiger partial charge in [-0.05, 0) is 31.5 Å². The molecule has 1 aromatic carbocycles. The third-order valence-electron chi connectivity index (χ3n) is 4.02. The number of aryl methyl sites for hydroxylation is 3. The fourth-order valence-electron chi connectivity index (χ4n) is 2.47. The Bertz CT molecular complexity index is 770. The zero-order valence-corrected chi connectivity index (χ0v) is 14.2. The summed E-state index contributed by atoms with van der Waals surface area (Å²) in [6, 6.07) is 8.09. The lowest BCUT2D eigenvalue weighted by atomic mass is 10.2. The van der Waals surface area contributed by atoms with E-state index in [1.54, 1.807) is 6.20 Å². The molecule has 0 spiro atoms. The zero-order chi connectivity index (χ0) is 16.9. The highest BCUT2D eigenvalue weighted by atomic mass is 16.5. The Morgan fingerprint density at radius 3 is 2.58 bits per heavy atom. The average molecular weight is 326 g/mol. The van der Waals surface area contributed by atoms with Crippen molar-refractivity contribution in [3.8, 4) is 5.75 Å². The quantitative estimate of drug-likeness (QED) is 0.723. The van der Waals surface area contributed by atoms with Gasteiger partial charge in [-0.15, -0.1) is 0 Å². The van der Waals surface area contributed by atoms with Crippen molar-refractivity contribution in [2.75, 3.05) is 0 Å². The first-order chi connectivity index (χ1) is 11.6. The van der Waals surface area contributed by atoms with Crippen LogP contribution in [0, 0.1) is 13.8 Å². The lowest BCUT2D eigenvalue weighted by Gasteiger charge is -2.08. The number of hydrogen-bond acceptors (Lipinski definition) is 5. The van der Waals surface area contributed by atoms with Crippen molar-refractivity contribution in [3.63, 3.8) is 0 Å². The summed E-state index contributed by atoms with van der Waals surface area (Å²) in [4.78, 5) is 4.24. The van der Waals surface area contributed by atoms with Crippen LogP contribution in [0.25, 0.3) is 0 Å². The Morgan fingerprint density at radius 1 is 1.17 bits per heavy atom. The highest BCUT2D eigenvalue weighted by molar-refractivity contribution is 5.27. The molecule has 126 valence electrons. The van der Waals surface area contributed by atoms with E-state index in [-0.39, 0.29) is 0 Å². The molecule has 2 aromatic heterocycles. The molecule has 0 aliphatic rings. The summed E-state index contributed by atoms with van der Waals surface area (Å²) in [6.45, 7) is 5.89. The van der Waals surface area contributed by atoms with Gasteiger partial charge in [-0.1, -0.05) is 17.3 Å². The maximum Gasteiger partial charge on any atom is 0.146 e. The molecular weight excluding hydrogens is 304 g/mol. The summed E-state index contributed by atoms with van der Waals surface area (Å²) >= 11 is 0. The van der Waals surface area contributed by atoms with Gasteiger partial charge in [0.05, 0.1) is 5.69 Å². The zero-order valence-electron chi connectivity index (χ0n) is 14.2. The van der Waals surface area contributed by atoms with Gasteiger partial charge in [0.1, 0.15) is 23.9 Å². The lowest BCUT2D eigenvalue weighted by molar-refractivity contribution is 0.291. The van der Waals surface area contributed by atoms with Gasteiger partial charge >= 0.3 is 0 Å². The molecule has 2 heterocycles. The second kappa shape index (κ2) is 7.31. The first kappa shape index (κ1) is 16.3. The van der Waals surface area contributed by atoms with Gasteiger partial charge < -0.3 is 19.1 Å². The summed E-state index contributed by atoms with van der Waals surface area (Å²) < 4.78 is 12.9. The van der Waals surface area contributed by atoms with Gasteiger partial charge in [0, 0.05) is 38.1 Å². The van der Waals surface area contributed by atoms with E-state index in [2.05, 4.69) is 27.6 Å². The molecule has 0 bridgehead atoms. The number of nitrogens with one attached hydrogen (secondary N) is 1. The molecule has 3 aromatic rings. The number of benzene rings is 1. The normalized spacial score (nSPS) is 11.0. The molecule has 0 unspecified atom stereocenters. The van der Waals surface area contributed by atoms with Crippen LogP contribution in [-0.4, -0.2) is 14.7 Å². The summed E-state index contributed by atoms with van der Waals surface area (Å²) in [5.74, 6) is 2.62. The minimum atomic E-state index is 0.465. The van der Waals surface area contributed by atoms with E-state index >= 15 is 0 Å². The molecule has 0 aliphatic heterocycles. The lowest BCUT2D eigenvalue weighted by Crippen LogP contribution is -2.13. The molecule has 0 fully saturated rings. The van der Waals surface area contributed by atoms with Crippen molar-refractivity contribution in [2.45, 2.75) is 33.5 Å². The van der Waals surface area contributed by atoms with Gasteiger partial charge in [0.25, 0.3) is 0 Å². The number of aromatic nitrogens is 3. The number of nitrogens with zero attached hydrogens (tertiary/aromatic N) is 3. The van der Waals surface area contributed by atoms with Crippen LogP contribution in [-0.2, 0) is 26.7 Å². The minimum Gasteiger partial charge on any atom is -0.486 e. The second-order valence-corrected chi connectivity index (χ2v) is 5.79. The van der Waals surface area contributed by atoms with Gasteiger partial charge in [-0.3, -0.25) is 0 Å². The van der Waals surface area contributed by atoms with E-state index in [1.807, 2.05) is 43.8 Å². The number of imidazole rings is 1. The summed E-state index contributed by atoms with van der Waals surface area (Å²) in [5.41, 5.74) is 3.27. The molecule has 3 rings (SSSR count). The fourth-order valence-corrected chi connectivity index (χ4v) is 2.47. The maximum absolute atomic E-state index is 5.76. The van der Waals surface area contributed by atoms with Crippen molar-refractivity contribution in [1.29, 1.82) is 0 Å². The van der Waals surface area contributed by atoms with Crippen molar-refractivity contribution in [3.05, 3.63) is 65.1 Å². The van der Waals surface area contributed by atoms with E-state index in [9.17, 15) is 0 Å². The van der Waals surface area contributed by atoms with Gasteiger partial charge in [-0.2, -0.15) is 0 Å². The van der Waals surface area contributed by atoms with Gasteiger partial charge in [0.15, 0.2) is 0 Å². The smallest absolute Gasteiger partial charge is 0.146 e. The predicted octanol–water partition coefficient (Wildman–Crippen LogP) is 2.89. The Balaban J connectivity index is 1.48. The molecular formula is C18H22N4O2. The van der Waals surface area contributed by atoms with Gasteiger partial charge in [0.2, 0.25) is 0 Å². The van der Waals surface area contributed by atoms with Crippen molar-refractivity contribution >= 4 is 0 Å². The molecule has 6 nitrogen and oxygen atoms in total. The summed E-state index contributed by atoms with van der Waals surface area (Å²) in [5, 5.41) is 7.38. The Morgan fingerprint density at radius 2 is 1.96 bits per heavy atom. The van der Waals surface area contributed by atoms with Crippen LogP contribution in [0.2, 0.25) is 0 Å². The van der Waals surface area contributed by atoms with Crippen LogP contribution in [0.5, 0.6) is 5.75 Å². The Hall–Kier alpha value is -2.60. The SMILES string of the molecule is Cc1noc(C)c1CNCc1ccc(OCc2nccn2C)cc1. The largest absolute Gasteiger partial charge is 0.486 e. The third kappa shape index (κ3) is 3.83. The summed E-state index contributed by atoms with van der Waals surface area (Å²) in [6.07, 6.45) is 3.68. The van der Waals surface area contributed by atoms with Crippen molar-refractivity contribution in [2.24, 2.45) is 7.05 Å². The molecule has 0 aliphatic carbocycles. The topological polar surface area (TPSA) is 65.1 Å². The van der Waals surface area contributed by atoms with E-state index in [1.165, 1.54) is 5.56 Å². The maximum atomic E-state index is 5.76. The van der Waals surface area contributed by atoms with Crippen LogP contribution in [0.15, 0.2) is 41.2 Å². The molecule has 6 heteroatoms. The minimum absolute atomic E-state index is 0.465. The standard InChI is InChI=1S/C18H22N4O2/c1-13-17(14(2)24-21-13)11-19-10-15-4-6-16(7-5-15)23-12-18-20-8-9-22(18)3/h4-9,19H,10-12H2,1-3H3. The average Bonchev–Trinajstić information content (AvgIpc) is 3.13. The molecule has 0 radical (unpaired) electrons. The molecule has 24 heavy (non-hydrogen) atoms. The Kier molecular flexibility index (Phi) is 4.96. The van der Waals surface area contributed by atoms with Gasteiger partial charge in [-0.25, -0.2) is 4.98 Å². The number of rotatable bonds is 7. The Labute approximate surface area is 141 Å². The van der Waals surface area contributed by atoms with Crippen molar-refractivity contribution < 1.29 is 9.26 Å². The molecule has 0 atom stereocenters. The highest BCUT2D eigenvalue weighted by Crippen LogP contribution is 2.15. The monoisotopic (exact) mass is 326 g/mol. The van der Waals surface area contributed by atoms with Crippen LogP contribution >= 0.6 is 0 Å². The third-order valence-corrected chi connectivity index (χ3v) is 4.02. The van der Waals surface area contributed by atoms with E-state index < -0.39 is 0 Å². The van der Waals surface area contributed by atoms with E-state index in [0.29, 0.717) is 6.61 Å². The van der Waals surface area contributed by atoms with Crippen LogP contribution in [0.3, 0.4) is 0 Å². The van der Waals surface area contributed by atoms with Crippen LogP contribution in [0.4, 0.5) is 0 Å². The fraction of sp³-hybridized carbons (Fsp3) is 0.333. The van der Waals surface area contributed by atoms with E-state index in [0.717, 1.165) is 41.7 Å². The molecule has 0 saturated carbocycles. The first-order valence-electron chi connectivity index (χ1n) is 7.94. The molecule has 1 N–H and O–H groups in total. The number of hydrogen-bond donors (Lipinski definition) is 1.